The molecule has 1 atom stereocenters. The summed E-state index contributed by atoms with van der Waals surface area (Å²) in [5, 5.41) is 11.5. The number of nitriles is 1. The lowest BCUT2D eigenvalue weighted by atomic mass is 9.92. The lowest BCUT2D eigenvalue weighted by Gasteiger charge is -2.26. The Hall–Kier alpha value is -10.3. The number of carbonyl (C=O) groups is 8. The Morgan fingerprint density at radius 3 is 1.25 bits per heavy atom. The topological polar surface area (TPSA) is 223 Å². The predicted octanol–water partition coefficient (Wildman–Crippen LogP) is 23.2. The van der Waals surface area contributed by atoms with Gasteiger partial charge in [0, 0.05) is 130 Å². The Labute approximate surface area is 767 Å². The third kappa shape index (κ3) is 51.3. The van der Waals surface area contributed by atoms with Gasteiger partial charge in [-0.25, -0.2) is 9.78 Å². The first-order valence-electron chi connectivity index (χ1n) is 46.7. The molecule has 1 aliphatic rings. The Balaban J connectivity index is 0.00000146. The highest BCUT2D eigenvalue weighted by Gasteiger charge is 2.25. The summed E-state index contributed by atoms with van der Waals surface area (Å²) >= 11 is 0. The highest BCUT2D eigenvalue weighted by molar-refractivity contribution is 6.07. The van der Waals surface area contributed by atoms with Crippen LogP contribution in [0.5, 0.6) is 5.75 Å². The zero-order valence-corrected chi connectivity index (χ0v) is 82.7. The number of nitrogens with one attached hydrogen (secondary N) is 1. The molecule has 0 saturated heterocycles. The van der Waals surface area contributed by atoms with E-state index in [2.05, 4.69) is 120 Å². The van der Waals surface area contributed by atoms with Gasteiger partial charge in [-0.05, 0) is 228 Å². The van der Waals surface area contributed by atoms with Crippen LogP contribution in [0, 0.1) is 39.0 Å². The standard InChI is InChI=1S/C24H40N2O2.C18H22.C15H12N2O.C14H21NO2.C11H15NO.C10H20N2O2.C7H17NO2.C5H8O.C3H8/c1-5-9-17-25(18-10-6-2)23(27)21-15-13-14-16-22(21)24(28)26(19-11-7-3)20-12-8-4;1-3-9-15-11-5-7-13-17(15)18-14-8-6-12-16(18)10-4-2;1-11-2-6-13(7-3-11)15(18)17-14-8-4-12(10-16)5-9-14;1-5-15(6-2)14(16)10-17-13-8-7-11(3)9-12(13)4;1-4-11(13)12(3)10-7-5-9(2)6-8-10;1-11(2)9(13)7-5-6-8-10(14)12(3)4;1-5-9-10-7(2)6-8(3)4;6-5-3-1-2-4-5;1-3-2/h13-16H,5-12,17-20H2,1-4H3;5-8,11-14H,3-4,9-10H2,1-2H3;2-9H,1H3,(H,17,18);7-9H,5-6,10H2,1-4H3;5-8H,4H2,1-3H3;5-8H2,1-4H3;7H,5-6H2,1-4H3;1-4H2;3H2,1-2H3. The average Bonchev–Trinajstić information content (AvgIpc) is 1.76. The number of rotatable bonds is 38. The first kappa shape index (κ1) is 117. The summed E-state index contributed by atoms with van der Waals surface area (Å²) in [6.07, 6.45) is 21.5. The number of hydrogen-bond donors (Lipinski definition) is 1. The van der Waals surface area contributed by atoms with Crippen LogP contribution >= 0.6 is 0 Å². The van der Waals surface area contributed by atoms with E-state index in [0.717, 1.165) is 171 Å². The fourth-order valence-corrected chi connectivity index (χ4v) is 12.7. The monoisotopic (exact) mass is 1750 g/mol. The molecule has 1 saturated carbocycles. The number of carbonyl (C=O) groups excluding carboxylic acids is 8. The SMILES string of the molecule is CCC.CCC(=O)N(C)c1ccc(C)cc1.CCCCN(CCCC)C(=O)c1ccccc1C(=O)N(CCCC)CCCC.CCCc1ccccc1-c1ccccc1CCC.CCN(CC)C(=O)COc1ccc(C)cc1C.CCOOC(C)CN(C)C.CN(C)C(=O)CCCCC(=O)N(C)C.Cc1ccc(C(=O)Nc2ccc(C#N)cc2)cc1.O=C1CCCC1. The number of nitrogens with zero attached hydrogens (tertiary/aromatic N) is 8. The van der Waals surface area contributed by atoms with Gasteiger partial charge in [0.25, 0.3) is 23.6 Å². The van der Waals surface area contributed by atoms with Crippen molar-refractivity contribution in [2.45, 2.75) is 265 Å². The van der Waals surface area contributed by atoms with Crippen LogP contribution in [-0.4, -0.2) is 191 Å². The molecule has 20 heteroatoms. The molecule has 0 radical (unpaired) electrons. The summed E-state index contributed by atoms with van der Waals surface area (Å²) in [5.74, 6) is 1.52. The van der Waals surface area contributed by atoms with E-state index in [1.165, 1.54) is 52.6 Å². The van der Waals surface area contributed by atoms with Crippen molar-refractivity contribution in [3.8, 4) is 22.9 Å². The second kappa shape index (κ2) is 71.7. The molecule has 7 amide bonds. The normalized spacial score (nSPS) is 10.9. The van der Waals surface area contributed by atoms with Gasteiger partial charge in [-0.2, -0.15) is 5.26 Å². The van der Waals surface area contributed by atoms with Crippen molar-refractivity contribution in [1.29, 1.82) is 5.26 Å². The van der Waals surface area contributed by atoms with E-state index in [-0.39, 0.29) is 54.1 Å². The number of ketones is 1. The largest absolute Gasteiger partial charge is 0.484 e. The fourth-order valence-electron chi connectivity index (χ4n) is 12.7. The number of hydrogen-bond acceptors (Lipinski definition) is 13. The molecular formula is C107H163N9O11. The average molecular weight is 1750 g/mol. The van der Waals surface area contributed by atoms with Gasteiger partial charge in [-0.1, -0.05) is 221 Å². The van der Waals surface area contributed by atoms with Crippen molar-refractivity contribution in [2.75, 3.05) is 119 Å². The van der Waals surface area contributed by atoms with E-state index in [1.807, 2.05) is 165 Å². The van der Waals surface area contributed by atoms with Crippen molar-refractivity contribution in [2.24, 2.45) is 0 Å². The second-order valence-electron chi connectivity index (χ2n) is 32.4. The third-order valence-corrected chi connectivity index (χ3v) is 20.1. The maximum atomic E-state index is 13.3. The minimum absolute atomic E-state index is 0.00298. The van der Waals surface area contributed by atoms with Crippen LogP contribution in [0.15, 0.2) is 164 Å². The summed E-state index contributed by atoms with van der Waals surface area (Å²) < 4.78 is 5.55. The Bertz CT molecular complexity index is 4070. The number of likely N-dealkylation sites (N-methyl/N-ethyl adjacent to an activating group) is 2. The number of benzene rings is 7. The highest BCUT2D eigenvalue weighted by Crippen LogP contribution is 2.29. The zero-order chi connectivity index (χ0) is 95.4. The van der Waals surface area contributed by atoms with Gasteiger partial charge in [0.1, 0.15) is 17.6 Å². The van der Waals surface area contributed by atoms with Gasteiger partial charge >= 0.3 is 0 Å². The van der Waals surface area contributed by atoms with Crippen LogP contribution in [0.1, 0.15) is 288 Å². The molecule has 0 bridgehead atoms. The minimum atomic E-state index is -0.153. The van der Waals surface area contributed by atoms with E-state index in [0.29, 0.717) is 59.6 Å². The first-order chi connectivity index (χ1) is 60.8. The van der Waals surface area contributed by atoms with E-state index >= 15 is 0 Å². The molecule has 7 aromatic rings. The molecule has 127 heavy (non-hydrogen) atoms. The smallest absolute Gasteiger partial charge is 0.260 e. The molecule has 20 nitrogen and oxygen atoms in total. The fraction of sp³-hybridized carbons (Fsp3) is 0.523. The quantitative estimate of drug-likeness (QED) is 0.0216. The second-order valence-corrected chi connectivity index (χ2v) is 32.4. The number of aryl methyl sites for hydroxylation is 6. The van der Waals surface area contributed by atoms with E-state index in [1.54, 1.807) is 91.2 Å². The van der Waals surface area contributed by atoms with E-state index in [9.17, 15) is 38.4 Å². The number of unbranched alkanes of at least 4 members (excludes halogenated alkanes) is 5. The summed E-state index contributed by atoms with van der Waals surface area (Å²) in [6, 6.07) is 55.1. The van der Waals surface area contributed by atoms with E-state index < -0.39 is 0 Å². The maximum absolute atomic E-state index is 13.3. The van der Waals surface area contributed by atoms with Crippen LogP contribution in [0.25, 0.3) is 11.1 Å². The van der Waals surface area contributed by atoms with Gasteiger partial charge in [-0.3, -0.25) is 38.4 Å². The van der Waals surface area contributed by atoms with Crippen LogP contribution < -0.4 is 15.0 Å². The van der Waals surface area contributed by atoms with Gasteiger partial charge in [0.2, 0.25) is 17.7 Å². The molecule has 8 rings (SSSR count). The molecule has 0 aliphatic heterocycles. The Morgan fingerprint density at radius 2 is 0.890 bits per heavy atom. The van der Waals surface area contributed by atoms with Gasteiger partial charge < -0.3 is 44.4 Å². The number of amides is 7. The maximum Gasteiger partial charge on any atom is 0.260 e. The number of ether oxygens (including phenoxy) is 1. The first-order valence-corrected chi connectivity index (χ1v) is 46.7. The van der Waals surface area contributed by atoms with Crippen LogP contribution in [-0.2, 0) is 46.6 Å². The summed E-state index contributed by atoms with van der Waals surface area (Å²) in [6.45, 7) is 41.1. The molecule has 7 aromatic carbocycles. The number of Topliss-reactive ketones (excluding diaryl/α,β-unsaturated/α-hetero) is 1. The summed E-state index contributed by atoms with van der Waals surface area (Å²) in [4.78, 5) is 116. The van der Waals surface area contributed by atoms with Gasteiger partial charge in [0.05, 0.1) is 29.4 Å². The minimum Gasteiger partial charge on any atom is -0.484 e. The Kier molecular flexibility index (Phi) is 65.8. The van der Waals surface area contributed by atoms with Crippen molar-refractivity contribution in [1.82, 2.24) is 29.4 Å². The molecule has 1 fully saturated rings. The highest BCUT2D eigenvalue weighted by atomic mass is 17.2. The molecule has 0 heterocycles. The molecule has 0 aromatic heterocycles. The zero-order valence-electron chi connectivity index (χ0n) is 82.7. The summed E-state index contributed by atoms with van der Waals surface area (Å²) in [5.41, 5.74) is 14.3. The van der Waals surface area contributed by atoms with Crippen LogP contribution in [0.4, 0.5) is 11.4 Å². The molecule has 0 spiro atoms. The Morgan fingerprint density at radius 1 is 0.472 bits per heavy atom. The lowest BCUT2D eigenvalue weighted by Crippen LogP contribution is -2.37. The third-order valence-electron chi connectivity index (χ3n) is 20.1. The molecule has 1 aliphatic carbocycles. The van der Waals surface area contributed by atoms with Crippen LogP contribution in [0.3, 0.4) is 0 Å². The molecule has 702 valence electrons. The van der Waals surface area contributed by atoms with Crippen molar-refractivity contribution < 1.29 is 52.9 Å². The van der Waals surface area contributed by atoms with Crippen molar-refractivity contribution in [3.63, 3.8) is 0 Å². The van der Waals surface area contributed by atoms with E-state index in [4.69, 9.17) is 19.8 Å². The summed E-state index contributed by atoms with van der Waals surface area (Å²) in [7, 11) is 12.8. The van der Waals surface area contributed by atoms with Crippen LogP contribution in [0.2, 0.25) is 0 Å². The van der Waals surface area contributed by atoms with Gasteiger partial charge in [0.15, 0.2) is 6.61 Å². The van der Waals surface area contributed by atoms with Crippen molar-refractivity contribution in [3.05, 3.63) is 219 Å². The molecule has 1 N–H and O–H groups in total. The van der Waals surface area contributed by atoms with Gasteiger partial charge in [-0.15, -0.1) is 0 Å². The lowest BCUT2D eigenvalue weighted by molar-refractivity contribution is -0.318. The predicted molar refractivity (Wildman–Crippen MR) is 528 cm³/mol. The number of anilines is 2. The molecule has 1 unspecified atom stereocenters. The molecular weight excluding hydrogens is 1590 g/mol. The van der Waals surface area contributed by atoms with Crippen molar-refractivity contribution >= 4 is 58.5 Å².